The SMILES string of the molecule is CC(C)Nc1ccc(C(C)C)cc1.CC(C)Oc1ccc(C(C)C)cc1.CC(C)c1cc(F)c(C(C)C)cn1.CC(C)c1ccc(C(C)C)cc1.CC(C)c1ccc(C(C)C)nc1.CC(C)c1ccc(C(C)C)nc1.CC(C)c1ccc(C(C)C)nn1.CC(C)c1cnc(C(C)C)c(F)c1.CC(C)c1cnc(C(C)C)cn1.CC(C)c1cnc(C(C)C)nc1. The van der Waals surface area contributed by atoms with Gasteiger partial charge in [-0.15, -0.1) is 0 Å². The second-order valence-corrected chi connectivity index (χ2v) is 38.5. The molecule has 0 saturated carbocycles. The Kier molecular flexibility index (Phi) is 53.8. The number of halogens is 2. The van der Waals surface area contributed by atoms with E-state index in [1.54, 1.807) is 24.5 Å². The predicted molar refractivity (Wildman–Crippen MR) is 530 cm³/mol. The van der Waals surface area contributed by atoms with Crippen molar-refractivity contribution in [2.45, 2.75) is 396 Å². The smallest absolute Gasteiger partial charge is 0.145 e. The zero-order valence-corrected chi connectivity index (χ0v) is 84.8. The number of aromatic nitrogens is 10. The van der Waals surface area contributed by atoms with Crippen LogP contribution in [0.2, 0.25) is 0 Å². The minimum Gasteiger partial charge on any atom is -0.491 e. The summed E-state index contributed by atoms with van der Waals surface area (Å²) in [5.41, 5.74) is 20.3. The molecule has 10 aromatic rings. The zero-order chi connectivity index (χ0) is 94.5. The molecule has 0 atom stereocenters. The van der Waals surface area contributed by atoms with Gasteiger partial charge in [-0.2, -0.15) is 10.2 Å². The highest BCUT2D eigenvalue weighted by molar-refractivity contribution is 5.45. The maximum atomic E-state index is 13.4. The molecule has 0 unspecified atom stereocenters. The molecule has 124 heavy (non-hydrogen) atoms. The first-order chi connectivity index (χ1) is 57.9. The van der Waals surface area contributed by atoms with Crippen LogP contribution >= 0.6 is 0 Å². The van der Waals surface area contributed by atoms with E-state index in [2.05, 4.69) is 360 Å². The van der Waals surface area contributed by atoms with Gasteiger partial charge in [0.15, 0.2) is 0 Å². The molecule has 0 saturated heterocycles. The van der Waals surface area contributed by atoms with Gasteiger partial charge in [-0.25, -0.2) is 18.7 Å². The Morgan fingerprint density at radius 1 is 0.226 bits per heavy atom. The lowest BCUT2D eigenvalue weighted by atomic mass is 9.97. The molecule has 3 aromatic carbocycles. The number of rotatable bonds is 22. The number of hydrogen-bond donors (Lipinski definition) is 1. The quantitative estimate of drug-likeness (QED) is 0.0688. The molecule has 0 spiro atoms. The third-order valence-corrected chi connectivity index (χ3v) is 20.2. The van der Waals surface area contributed by atoms with Crippen molar-refractivity contribution in [2.24, 2.45) is 0 Å². The van der Waals surface area contributed by atoms with Crippen molar-refractivity contribution in [3.05, 3.63) is 284 Å². The van der Waals surface area contributed by atoms with Crippen LogP contribution in [0.25, 0.3) is 0 Å². The van der Waals surface area contributed by atoms with Gasteiger partial charge in [0.2, 0.25) is 0 Å². The van der Waals surface area contributed by atoms with Gasteiger partial charge in [0.1, 0.15) is 23.2 Å². The molecular formula is C110H169F2N11O. The summed E-state index contributed by atoms with van der Waals surface area (Å²) >= 11 is 0. The van der Waals surface area contributed by atoms with Crippen LogP contribution in [0.1, 0.15) is 485 Å². The van der Waals surface area contributed by atoms with Crippen LogP contribution in [0.5, 0.6) is 5.75 Å². The fraction of sp³-hybridized carbons (Fsp3) is 0.545. The van der Waals surface area contributed by atoms with E-state index in [9.17, 15) is 8.78 Å². The van der Waals surface area contributed by atoms with Crippen molar-refractivity contribution in [1.29, 1.82) is 0 Å². The zero-order valence-electron chi connectivity index (χ0n) is 84.8. The summed E-state index contributed by atoms with van der Waals surface area (Å²) < 4.78 is 32.4. The number of pyridine rings is 4. The molecule has 10 rings (SSSR count). The van der Waals surface area contributed by atoms with Gasteiger partial charge in [0, 0.05) is 89.9 Å². The van der Waals surface area contributed by atoms with E-state index >= 15 is 0 Å². The third kappa shape index (κ3) is 45.2. The first-order valence-electron chi connectivity index (χ1n) is 46.3. The summed E-state index contributed by atoms with van der Waals surface area (Å²) in [6, 6.07) is 42.3. The van der Waals surface area contributed by atoms with Crippen LogP contribution in [-0.2, 0) is 0 Å². The third-order valence-electron chi connectivity index (χ3n) is 20.2. The Morgan fingerprint density at radius 2 is 0.524 bits per heavy atom. The fourth-order valence-electron chi connectivity index (χ4n) is 11.2. The maximum Gasteiger partial charge on any atom is 0.145 e. The molecule has 12 nitrogen and oxygen atoms in total. The molecule has 7 heterocycles. The van der Waals surface area contributed by atoms with Crippen LogP contribution in [-0.4, -0.2) is 62.2 Å². The average molecular weight is 1700 g/mol. The van der Waals surface area contributed by atoms with Crippen LogP contribution in [0, 0.1) is 11.6 Å². The Labute approximate surface area is 755 Å². The second-order valence-electron chi connectivity index (χ2n) is 38.5. The molecule has 0 aliphatic carbocycles. The van der Waals surface area contributed by atoms with Crippen molar-refractivity contribution >= 4 is 5.69 Å². The first-order valence-corrected chi connectivity index (χ1v) is 46.3. The Morgan fingerprint density at radius 3 is 0.782 bits per heavy atom. The highest BCUT2D eigenvalue weighted by Gasteiger charge is 2.14. The van der Waals surface area contributed by atoms with E-state index in [1.165, 1.54) is 56.0 Å². The molecule has 0 fully saturated rings. The van der Waals surface area contributed by atoms with Crippen molar-refractivity contribution in [3.63, 3.8) is 0 Å². The van der Waals surface area contributed by atoms with E-state index in [-0.39, 0.29) is 35.5 Å². The van der Waals surface area contributed by atoms with Crippen LogP contribution in [0.15, 0.2) is 171 Å². The summed E-state index contributed by atoms with van der Waals surface area (Å²) in [7, 11) is 0. The number of nitrogens with zero attached hydrogens (tertiary/aromatic N) is 10. The standard InChI is InChI=1S/C12H19N.C12H18O.C12H18.2C11H16FN.2C11H17N.3C10H16N2/c2*1-9(2)11-5-7-12(8-6-11)13-10(3)4;1-9(2)11-5-7-12(8-6-11)10(3)4;1-7(2)9-6-13-11(8(3)4)5-10(9)12;1-7(2)9-5-10(12)11(8(3)4)13-6-9;2*1-8(2)10-5-6-11(9(3)4)12-7-10;1-7(2)9-5-12-10(6-11-9)8(3)4;1-7(2)9-5-11-10(8(3)4)12-6-9;1-7(2)9-5-6-10(8(3)4)12-11-9/h5-10,13H,1-4H3;5-10H,1-4H3;5-10H,1-4H3;2*5-8H,1-4H3;2*5-9H,1-4H3;3*5-8H,1-4H3. The van der Waals surface area contributed by atoms with Gasteiger partial charge in [0.25, 0.3) is 0 Å². The largest absolute Gasteiger partial charge is 0.491 e. The molecule has 1 N–H and O–H groups in total. The molecule has 684 valence electrons. The maximum absolute atomic E-state index is 13.4. The monoisotopic (exact) mass is 1700 g/mol. The second kappa shape index (κ2) is 59.0. The number of anilines is 1. The van der Waals surface area contributed by atoms with Crippen LogP contribution < -0.4 is 10.1 Å². The van der Waals surface area contributed by atoms with E-state index in [4.69, 9.17) is 4.74 Å². The topological polar surface area (TPSA) is 150 Å². The summed E-state index contributed by atoms with van der Waals surface area (Å²) in [4.78, 5) is 34.4. The van der Waals surface area contributed by atoms with E-state index < -0.39 is 0 Å². The number of nitrogens with one attached hydrogen (secondary N) is 1. The molecule has 14 heteroatoms. The lowest BCUT2D eigenvalue weighted by Crippen LogP contribution is -2.09. The summed E-state index contributed by atoms with van der Waals surface area (Å²) in [5.74, 6) is 10.1. The van der Waals surface area contributed by atoms with E-state index in [0.29, 0.717) is 106 Å². The summed E-state index contributed by atoms with van der Waals surface area (Å²) in [6.07, 6.45) is 15.2. The highest BCUT2D eigenvalue weighted by atomic mass is 19.1. The lowest BCUT2D eigenvalue weighted by molar-refractivity contribution is 0.242. The number of hydrogen-bond acceptors (Lipinski definition) is 12. The first kappa shape index (κ1) is 113. The molecule has 0 aliphatic rings. The Hall–Kier alpha value is -9.04. The number of benzene rings is 3. The predicted octanol–water partition coefficient (Wildman–Crippen LogP) is 32.9. The van der Waals surface area contributed by atoms with Gasteiger partial charge in [0.05, 0.1) is 34.6 Å². The van der Waals surface area contributed by atoms with Gasteiger partial charge in [-0.3, -0.25) is 29.9 Å². The highest BCUT2D eigenvalue weighted by Crippen LogP contribution is 2.27. The van der Waals surface area contributed by atoms with Gasteiger partial charge >= 0.3 is 0 Å². The van der Waals surface area contributed by atoms with Crippen molar-refractivity contribution in [3.8, 4) is 5.75 Å². The minimum absolute atomic E-state index is 0.131. The molecular weight excluding hydrogens is 1530 g/mol. The van der Waals surface area contributed by atoms with Gasteiger partial charge < -0.3 is 10.1 Å². The molecule has 0 radical (unpaired) electrons. The van der Waals surface area contributed by atoms with E-state index in [1.807, 2.05) is 119 Å². The summed E-state index contributed by atoms with van der Waals surface area (Å²) in [6.45, 7) is 84.9. The van der Waals surface area contributed by atoms with Crippen molar-refractivity contribution < 1.29 is 13.5 Å². The van der Waals surface area contributed by atoms with Gasteiger partial charge in [-0.05, 0) is 233 Å². The number of ether oxygens (including phenoxy) is 1. The lowest BCUT2D eigenvalue weighted by Gasteiger charge is -2.11. The molecule has 7 aromatic heterocycles. The van der Waals surface area contributed by atoms with Crippen molar-refractivity contribution in [1.82, 2.24) is 50.1 Å². The normalized spacial score (nSPS) is 11.1. The average Bonchev–Trinajstić information content (AvgIpc) is 0.847. The van der Waals surface area contributed by atoms with E-state index in [0.717, 1.165) is 45.6 Å². The Bertz CT molecular complexity index is 3680. The molecule has 0 bridgehead atoms. The molecule has 0 amide bonds. The van der Waals surface area contributed by atoms with Crippen molar-refractivity contribution in [2.75, 3.05) is 5.32 Å². The van der Waals surface area contributed by atoms with Gasteiger partial charge in [-0.1, -0.05) is 310 Å². The minimum atomic E-state index is -0.179. The summed E-state index contributed by atoms with van der Waals surface area (Å²) in [5, 5.41) is 11.7. The fourth-order valence-corrected chi connectivity index (χ4v) is 11.2. The van der Waals surface area contributed by atoms with Crippen LogP contribution in [0.4, 0.5) is 14.5 Å². The Balaban J connectivity index is 0.000000689. The van der Waals surface area contributed by atoms with Crippen LogP contribution in [0.3, 0.4) is 0 Å². The molecule has 0 aliphatic heterocycles.